The first-order valence-corrected chi connectivity index (χ1v) is 10.7. The van der Waals surface area contributed by atoms with Gasteiger partial charge in [-0.05, 0) is 40.6 Å². The van der Waals surface area contributed by atoms with E-state index in [1.165, 1.54) is 10.3 Å². The minimum absolute atomic E-state index is 0.0539. The summed E-state index contributed by atoms with van der Waals surface area (Å²) in [4.78, 5) is 18.8. The molecule has 0 aliphatic carbocycles. The smallest absolute Gasteiger partial charge is 0.263 e. The van der Waals surface area contributed by atoms with Crippen LogP contribution in [0.3, 0.4) is 0 Å². The van der Waals surface area contributed by atoms with E-state index in [0.717, 1.165) is 48.2 Å². The van der Waals surface area contributed by atoms with E-state index in [2.05, 4.69) is 47.4 Å². The van der Waals surface area contributed by atoms with Crippen molar-refractivity contribution in [3.05, 3.63) is 95.5 Å². The van der Waals surface area contributed by atoms with Crippen molar-refractivity contribution < 1.29 is 0 Å². The first kappa shape index (κ1) is 16.1. The molecule has 30 heavy (non-hydrogen) atoms. The largest absolute Gasteiger partial charge is 0.274 e. The molecule has 0 spiro atoms. The number of aromatic nitrogens is 2. The fraction of sp³-hybridized carbons (Fsp3) is 0. The Balaban J connectivity index is 1.62. The molecule has 0 saturated carbocycles. The van der Waals surface area contributed by atoms with Crippen LogP contribution in [0.2, 0.25) is 0 Å². The van der Waals surface area contributed by atoms with Crippen molar-refractivity contribution in [2.75, 3.05) is 0 Å². The van der Waals surface area contributed by atoms with E-state index in [-0.39, 0.29) is 5.56 Å². The van der Waals surface area contributed by atoms with E-state index in [1.807, 2.05) is 47.1 Å². The quantitative estimate of drug-likeness (QED) is 0.295. The van der Waals surface area contributed by atoms with E-state index in [0.29, 0.717) is 0 Å². The lowest BCUT2D eigenvalue weighted by Gasteiger charge is -2.06. The van der Waals surface area contributed by atoms with Crippen molar-refractivity contribution in [2.24, 2.45) is 0 Å². The van der Waals surface area contributed by atoms with Gasteiger partial charge in [-0.1, -0.05) is 48.5 Å². The lowest BCUT2D eigenvalue weighted by atomic mass is 10.1. The van der Waals surface area contributed by atoms with Crippen molar-refractivity contribution in [3.8, 4) is 10.4 Å². The lowest BCUT2D eigenvalue weighted by Crippen LogP contribution is -2.12. The van der Waals surface area contributed by atoms with E-state index in [4.69, 9.17) is 0 Å². The predicted molar refractivity (Wildman–Crippen MR) is 126 cm³/mol. The van der Waals surface area contributed by atoms with Gasteiger partial charge in [0.2, 0.25) is 0 Å². The molecule has 0 atom stereocenters. The first-order valence-electron chi connectivity index (χ1n) is 9.85. The summed E-state index contributed by atoms with van der Waals surface area (Å²) in [5, 5.41) is 6.36. The second-order valence-electron chi connectivity index (χ2n) is 7.65. The Morgan fingerprint density at radius 2 is 1.60 bits per heavy atom. The monoisotopic (exact) mass is 402 g/mol. The maximum absolute atomic E-state index is 13.5. The van der Waals surface area contributed by atoms with Gasteiger partial charge in [0, 0.05) is 38.8 Å². The van der Waals surface area contributed by atoms with Crippen molar-refractivity contribution >= 4 is 59.4 Å². The van der Waals surface area contributed by atoms with Gasteiger partial charge in [-0.3, -0.25) is 14.2 Å². The minimum atomic E-state index is 0.0539. The predicted octanol–water partition coefficient (Wildman–Crippen LogP) is 6.47. The Kier molecular flexibility index (Phi) is 3.03. The zero-order valence-corrected chi connectivity index (χ0v) is 16.6. The standard InChI is InChI=1S/C26H14N2OS/c29-26-20-5-2-1-4-18(20)19-6-3-7-21-24(19)28(26)22-13-23(30-25(21)22)16-8-9-17-14-27-11-10-15(17)12-16/h1-14H. The molecule has 0 saturated heterocycles. The maximum Gasteiger partial charge on any atom is 0.263 e. The van der Waals surface area contributed by atoms with Gasteiger partial charge in [0.05, 0.1) is 15.7 Å². The molecule has 0 unspecified atom stereocenters. The third-order valence-corrected chi connectivity index (χ3v) is 7.24. The average Bonchev–Trinajstić information content (AvgIpc) is 3.36. The summed E-state index contributed by atoms with van der Waals surface area (Å²) in [5.41, 5.74) is 3.24. The van der Waals surface area contributed by atoms with E-state index >= 15 is 0 Å². The van der Waals surface area contributed by atoms with Gasteiger partial charge in [-0.25, -0.2) is 0 Å². The molecule has 4 aromatic heterocycles. The molecule has 4 heterocycles. The summed E-state index contributed by atoms with van der Waals surface area (Å²) in [6.07, 6.45) is 3.71. The summed E-state index contributed by atoms with van der Waals surface area (Å²) >= 11 is 1.75. The normalized spacial score (nSPS) is 12.1. The van der Waals surface area contributed by atoms with E-state index in [9.17, 15) is 4.79 Å². The lowest BCUT2D eigenvalue weighted by molar-refractivity contribution is 1.21. The maximum atomic E-state index is 13.5. The molecule has 0 radical (unpaired) electrons. The Bertz CT molecular complexity index is 1830. The zero-order valence-electron chi connectivity index (χ0n) is 15.8. The Morgan fingerprint density at radius 1 is 0.767 bits per heavy atom. The van der Waals surface area contributed by atoms with Crippen molar-refractivity contribution in [3.63, 3.8) is 0 Å². The van der Waals surface area contributed by atoms with Crippen LogP contribution in [-0.4, -0.2) is 9.38 Å². The van der Waals surface area contributed by atoms with E-state index < -0.39 is 0 Å². The highest BCUT2D eigenvalue weighted by molar-refractivity contribution is 7.23. The summed E-state index contributed by atoms with van der Waals surface area (Å²) < 4.78 is 3.07. The van der Waals surface area contributed by atoms with Crippen molar-refractivity contribution in [1.82, 2.24) is 9.38 Å². The number of fused-ring (bicyclic) bond motifs is 6. The van der Waals surface area contributed by atoms with Crippen LogP contribution in [0.5, 0.6) is 0 Å². The van der Waals surface area contributed by atoms with Crippen LogP contribution in [0.25, 0.3) is 58.5 Å². The minimum Gasteiger partial charge on any atom is -0.274 e. The summed E-state index contributed by atoms with van der Waals surface area (Å²) in [5.74, 6) is 0. The van der Waals surface area contributed by atoms with Crippen LogP contribution in [0, 0.1) is 0 Å². The molecular weight excluding hydrogens is 388 g/mol. The van der Waals surface area contributed by atoms with Crippen LogP contribution in [0.1, 0.15) is 0 Å². The fourth-order valence-corrected chi connectivity index (χ4v) is 5.83. The van der Waals surface area contributed by atoms with Crippen LogP contribution < -0.4 is 5.56 Å². The second-order valence-corrected chi connectivity index (χ2v) is 8.70. The highest BCUT2D eigenvalue weighted by Crippen LogP contribution is 2.41. The molecule has 7 aromatic rings. The summed E-state index contributed by atoms with van der Waals surface area (Å²) in [6, 6.07) is 24.9. The third kappa shape index (κ3) is 1.98. The van der Waals surface area contributed by atoms with Crippen molar-refractivity contribution in [1.29, 1.82) is 0 Å². The molecule has 140 valence electrons. The van der Waals surface area contributed by atoms with Crippen LogP contribution >= 0.6 is 11.3 Å². The molecule has 0 amide bonds. The van der Waals surface area contributed by atoms with Gasteiger partial charge in [0.1, 0.15) is 0 Å². The van der Waals surface area contributed by atoms with E-state index in [1.54, 1.807) is 11.3 Å². The third-order valence-electron chi connectivity index (χ3n) is 6.03. The molecule has 7 rings (SSSR count). The molecule has 0 aliphatic heterocycles. The van der Waals surface area contributed by atoms with Gasteiger partial charge in [-0.2, -0.15) is 0 Å². The zero-order chi connectivity index (χ0) is 19.8. The molecular formula is C26H14N2OS. The first-order chi connectivity index (χ1) is 14.8. The molecule has 0 bridgehead atoms. The number of para-hydroxylation sites is 1. The molecule has 4 heteroatoms. The Labute approximate surface area is 174 Å². The number of hydrogen-bond donors (Lipinski definition) is 0. The average molecular weight is 402 g/mol. The molecule has 3 nitrogen and oxygen atoms in total. The SMILES string of the molecule is O=c1c2ccccc2c2cccc3c4sc(-c5ccc6cnccc6c5)cc4n1c23. The molecule has 0 aliphatic rings. The Morgan fingerprint density at radius 3 is 2.53 bits per heavy atom. The molecule has 0 N–H and O–H groups in total. The second kappa shape index (κ2) is 5.65. The molecule has 0 fully saturated rings. The number of benzene rings is 3. The van der Waals surface area contributed by atoms with Crippen LogP contribution in [0.4, 0.5) is 0 Å². The van der Waals surface area contributed by atoms with Gasteiger partial charge >= 0.3 is 0 Å². The van der Waals surface area contributed by atoms with Gasteiger partial charge < -0.3 is 0 Å². The van der Waals surface area contributed by atoms with Crippen LogP contribution in [0.15, 0.2) is 90.0 Å². The number of pyridine rings is 2. The van der Waals surface area contributed by atoms with Crippen LogP contribution in [-0.2, 0) is 0 Å². The number of rotatable bonds is 1. The summed E-state index contributed by atoms with van der Waals surface area (Å²) in [7, 11) is 0. The molecule has 3 aromatic carbocycles. The fourth-order valence-electron chi connectivity index (χ4n) is 4.66. The van der Waals surface area contributed by atoms with Gasteiger partial charge in [0.15, 0.2) is 0 Å². The topological polar surface area (TPSA) is 34.4 Å². The number of hydrogen-bond acceptors (Lipinski definition) is 3. The summed E-state index contributed by atoms with van der Waals surface area (Å²) in [6.45, 7) is 0. The van der Waals surface area contributed by atoms with Crippen molar-refractivity contribution in [2.45, 2.75) is 0 Å². The number of thiophene rings is 1. The number of nitrogens with zero attached hydrogens (tertiary/aromatic N) is 2. The van der Waals surface area contributed by atoms with Gasteiger partial charge in [0.25, 0.3) is 5.56 Å². The Hall–Kier alpha value is -3.76. The van der Waals surface area contributed by atoms with Gasteiger partial charge in [-0.15, -0.1) is 11.3 Å². The highest BCUT2D eigenvalue weighted by Gasteiger charge is 2.19. The highest BCUT2D eigenvalue weighted by atomic mass is 32.1.